The molecule has 110 valence electrons. The van der Waals surface area contributed by atoms with Crippen molar-refractivity contribution in [2.24, 2.45) is 11.7 Å². The number of piperidine rings is 1. The van der Waals surface area contributed by atoms with Crippen LogP contribution in [-0.2, 0) is 4.79 Å². The molecule has 1 fully saturated rings. The van der Waals surface area contributed by atoms with Gasteiger partial charge in [0.25, 0.3) is 0 Å². The third kappa shape index (κ3) is 3.98. The first-order valence-electron chi connectivity index (χ1n) is 6.76. The molecule has 0 spiro atoms. The lowest BCUT2D eigenvalue weighted by Crippen LogP contribution is -2.42. The smallest absolute Gasteiger partial charge is 0.238 e. The number of nitrogens with zero attached hydrogens (tertiary/aromatic N) is 1. The van der Waals surface area contributed by atoms with Crippen molar-refractivity contribution in [1.29, 1.82) is 0 Å². The zero-order chi connectivity index (χ0) is 14.5. The first-order valence-corrected chi connectivity index (χ1v) is 6.76. The molecular formula is C14H19F2N3O. The summed E-state index contributed by atoms with van der Waals surface area (Å²) in [5.41, 5.74) is 5.91. The lowest BCUT2D eigenvalue weighted by atomic mass is 9.98. The van der Waals surface area contributed by atoms with E-state index in [-0.39, 0.29) is 18.1 Å². The summed E-state index contributed by atoms with van der Waals surface area (Å²) >= 11 is 0. The van der Waals surface area contributed by atoms with E-state index in [2.05, 4.69) is 5.32 Å². The molecule has 1 atom stereocenters. The summed E-state index contributed by atoms with van der Waals surface area (Å²) in [6.07, 6.45) is 2.12. The van der Waals surface area contributed by atoms with Gasteiger partial charge in [0.05, 0.1) is 6.54 Å². The summed E-state index contributed by atoms with van der Waals surface area (Å²) in [7, 11) is 0. The Morgan fingerprint density at radius 2 is 2.20 bits per heavy atom. The van der Waals surface area contributed by atoms with E-state index in [0.717, 1.165) is 38.1 Å². The van der Waals surface area contributed by atoms with Gasteiger partial charge in [-0.15, -0.1) is 0 Å². The lowest BCUT2D eigenvalue weighted by Gasteiger charge is -2.31. The number of benzene rings is 1. The second-order valence-corrected chi connectivity index (χ2v) is 5.16. The summed E-state index contributed by atoms with van der Waals surface area (Å²) in [5.74, 6) is -1.69. The number of nitrogens with one attached hydrogen (secondary N) is 1. The Labute approximate surface area is 116 Å². The summed E-state index contributed by atoms with van der Waals surface area (Å²) in [6, 6.07) is 3.32. The number of halogens is 2. The minimum absolute atomic E-state index is 0.228. The van der Waals surface area contributed by atoms with Gasteiger partial charge in [0.2, 0.25) is 5.91 Å². The number of hydrogen-bond acceptors (Lipinski definition) is 3. The monoisotopic (exact) mass is 283 g/mol. The van der Waals surface area contributed by atoms with Gasteiger partial charge in [-0.25, -0.2) is 8.78 Å². The summed E-state index contributed by atoms with van der Waals surface area (Å²) in [5, 5.41) is 2.57. The molecule has 1 amide bonds. The van der Waals surface area contributed by atoms with Crippen LogP contribution in [0.2, 0.25) is 0 Å². The predicted molar refractivity (Wildman–Crippen MR) is 73.2 cm³/mol. The van der Waals surface area contributed by atoms with Crippen LogP contribution in [-0.4, -0.2) is 37.0 Å². The minimum atomic E-state index is -0.969. The zero-order valence-electron chi connectivity index (χ0n) is 11.2. The first-order chi connectivity index (χ1) is 9.58. The normalized spacial score (nSPS) is 19.9. The van der Waals surface area contributed by atoms with Gasteiger partial charge >= 0.3 is 0 Å². The maximum absolute atomic E-state index is 13.0. The van der Waals surface area contributed by atoms with Crippen LogP contribution in [0.3, 0.4) is 0 Å². The number of anilines is 1. The molecule has 1 aromatic carbocycles. The van der Waals surface area contributed by atoms with Crippen molar-refractivity contribution in [3.63, 3.8) is 0 Å². The molecular weight excluding hydrogens is 264 g/mol. The van der Waals surface area contributed by atoms with Gasteiger partial charge in [0, 0.05) is 18.3 Å². The first kappa shape index (κ1) is 14.9. The van der Waals surface area contributed by atoms with Crippen LogP contribution < -0.4 is 11.1 Å². The molecule has 1 unspecified atom stereocenters. The van der Waals surface area contributed by atoms with Crippen molar-refractivity contribution >= 4 is 11.6 Å². The molecule has 0 aliphatic carbocycles. The second kappa shape index (κ2) is 6.76. The SMILES string of the molecule is NCC1CCCN(CC(=O)Nc2ccc(F)c(F)c2)C1. The summed E-state index contributed by atoms with van der Waals surface area (Å²) in [4.78, 5) is 13.9. The van der Waals surface area contributed by atoms with E-state index in [9.17, 15) is 13.6 Å². The van der Waals surface area contributed by atoms with Crippen LogP contribution in [0.5, 0.6) is 0 Å². The number of carbonyl (C=O) groups excluding carboxylic acids is 1. The van der Waals surface area contributed by atoms with Gasteiger partial charge < -0.3 is 11.1 Å². The molecule has 6 heteroatoms. The third-order valence-corrected chi connectivity index (χ3v) is 3.51. The molecule has 1 heterocycles. The van der Waals surface area contributed by atoms with E-state index in [1.807, 2.05) is 4.90 Å². The highest BCUT2D eigenvalue weighted by Gasteiger charge is 2.20. The fourth-order valence-electron chi connectivity index (χ4n) is 2.46. The highest BCUT2D eigenvalue weighted by molar-refractivity contribution is 5.92. The molecule has 1 aliphatic rings. The number of hydrogen-bond donors (Lipinski definition) is 2. The van der Waals surface area contributed by atoms with Crippen molar-refractivity contribution in [1.82, 2.24) is 4.90 Å². The van der Waals surface area contributed by atoms with Crippen molar-refractivity contribution < 1.29 is 13.6 Å². The van der Waals surface area contributed by atoms with Crippen molar-refractivity contribution in [2.45, 2.75) is 12.8 Å². The fraction of sp³-hybridized carbons (Fsp3) is 0.500. The Kier molecular flexibility index (Phi) is 5.03. The zero-order valence-corrected chi connectivity index (χ0v) is 11.2. The summed E-state index contributed by atoms with van der Waals surface area (Å²) < 4.78 is 25.8. The summed E-state index contributed by atoms with van der Waals surface area (Å²) in [6.45, 7) is 2.54. The van der Waals surface area contributed by atoms with Crippen LogP contribution in [0.15, 0.2) is 18.2 Å². The Morgan fingerprint density at radius 1 is 1.40 bits per heavy atom. The van der Waals surface area contributed by atoms with Gasteiger partial charge in [-0.3, -0.25) is 9.69 Å². The molecule has 1 aromatic rings. The Morgan fingerprint density at radius 3 is 2.90 bits per heavy atom. The molecule has 2 rings (SSSR count). The maximum Gasteiger partial charge on any atom is 0.238 e. The van der Waals surface area contributed by atoms with Gasteiger partial charge in [0.15, 0.2) is 11.6 Å². The minimum Gasteiger partial charge on any atom is -0.330 e. The molecule has 3 N–H and O–H groups in total. The second-order valence-electron chi connectivity index (χ2n) is 5.16. The maximum atomic E-state index is 13.0. The molecule has 0 saturated carbocycles. The van der Waals surface area contributed by atoms with E-state index in [1.54, 1.807) is 0 Å². The van der Waals surface area contributed by atoms with Crippen LogP contribution in [0.1, 0.15) is 12.8 Å². The van der Waals surface area contributed by atoms with E-state index in [0.29, 0.717) is 12.5 Å². The molecule has 20 heavy (non-hydrogen) atoms. The molecule has 0 radical (unpaired) electrons. The molecule has 4 nitrogen and oxygen atoms in total. The van der Waals surface area contributed by atoms with Crippen LogP contribution in [0, 0.1) is 17.6 Å². The van der Waals surface area contributed by atoms with Crippen molar-refractivity contribution in [2.75, 3.05) is 31.5 Å². The third-order valence-electron chi connectivity index (χ3n) is 3.51. The Balaban J connectivity index is 1.87. The number of amides is 1. The average molecular weight is 283 g/mol. The quantitative estimate of drug-likeness (QED) is 0.882. The van der Waals surface area contributed by atoms with E-state index < -0.39 is 11.6 Å². The lowest BCUT2D eigenvalue weighted by molar-refractivity contribution is -0.117. The van der Waals surface area contributed by atoms with E-state index >= 15 is 0 Å². The highest BCUT2D eigenvalue weighted by atomic mass is 19.2. The topological polar surface area (TPSA) is 58.4 Å². The van der Waals surface area contributed by atoms with Gasteiger partial charge in [-0.1, -0.05) is 0 Å². The molecule has 0 bridgehead atoms. The van der Waals surface area contributed by atoms with Crippen LogP contribution in [0.4, 0.5) is 14.5 Å². The number of carbonyl (C=O) groups is 1. The van der Waals surface area contributed by atoms with Crippen LogP contribution >= 0.6 is 0 Å². The van der Waals surface area contributed by atoms with Gasteiger partial charge in [-0.2, -0.15) is 0 Å². The standard InChI is InChI=1S/C14H19F2N3O/c15-12-4-3-11(6-13(12)16)18-14(20)9-19-5-1-2-10(7-17)8-19/h3-4,6,10H,1-2,5,7-9,17H2,(H,18,20). The number of rotatable bonds is 4. The molecule has 1 aliphatic heterocycles. The molecule has 0 aromatic heterocycles. The van der Waals surface area contributed by atoms with Gasteiger partial charge in [0.1, 0.15) is 0 Å². The van der Waals surface area contributed by atoms with Crippen LogP contribution in [0.25, 0.3) is 0 Å². The molecule has 1 saturated heterocycles. The van der Waals surface area contributed by atoms with E-state index in [1.165, 1.54) is 6.07 Å². The predicted octanol–water partition coefficient (Wildman–Crippen LogP) is 1.57. The van der Waals surface area contributed by atoms with Crippen molar-refractivity contribution in [3.05, 3.63) is 29.8 Å². The fourth-order valence-corrected chi connectivity index (χ4v) is 2.46. The largest absolute Gasteiger partial charge is 0.330 e. The van der Waals surface area contributed by atoms with E-state index in [4.69, 9.17) is 5.73 Å². The Bertz CT molecular complexity index is 481. The Hall–Kier alpha value is -1.53. The number of nitrogens with two attached hydrogens (primary N) is 1. The number of likely N-dealkylation sites (tertiary alicyclic amines) is 1. The average Bonchev–Trinajstić information content (AvgIpc) is 2.43. The van der Waals surface area contributed by atoms with Crippen molar-refractivity contribution in [3.8, 4) is 0 Å². The van der Waals surface area contributed by atoms with Gasteiger partial charge in [-0.05, 0) is 44.0 Å². The highest BCUT2D eigenvalue weighted by Crippen LogP contribution is 2.16.